The number of aliphatic hydroxyl groups excluding tert-OH is 1. The zero-order valence-electron chi connectivity index (χ0n) is 14.0. The largest absolute Gasteiger partial charge is 0.448 e. The molecule has 2 aliphatic carbocycles. The first-order valence-electron chi connectivity index (χ1n) is 8.93. The van der Waals surface area contributed by atoms with Crippen LogP contribution in [-0.4, -0.2) is 42.4 Å². The van der Waals surface area contributed by atoms with Gasteiger partial charge in [-0.1, -0.05) is 48.5 Å². The average molecular weight is 335 g/mol. The number of likely N-dealkylation sites (tertiary alicyclic amines) is 1. The molecule has 0 aromatic heterocycles. The Morgan fingerprint density at radius 2 is 1.68 bits per heavy atom. The number of amides is 1. The Balaban J connectivity index is 1.28. The smallest absolute Gasteiger partial charge is 0.409 e. The van der Waals surface area contributed by atoms with Crippen molar-refractivity contribution in [3.8, 4) is 11.1 Å². The minimum atomic E-state index is -0.226. The van der Waals surface area contributed by atoms with Gasteiger partial charge < -0.3 is 14.7 Å². The van der Waals surface area contributed by atoms with E-state index in [1.165, 1.54) is 22.3 Å². The van der Waals surface area contributed by atoms with E-state index in [1.807, 2.05) is 12.1 Å². The van der Waals surface area contributed by atoms with E-state index in [0.29, 0.717) is 12.5 Å². The molecule has 2 fully saturated rings. The molecule has 1 heterocycles. The quantitative estimate of drug-likeness (QED) is 0.937. The molecule has 1 amide bonds. The van der Waals surface area contributed by atoms with Crippen molar-refractivity contribution in [1.82, 2.24) is 4.90 Å². The molecule has 3 aliphatic rings. The Hall–Kier alpha value is -2.33. The van der Waals surface area contributed by atoms with Crippen LogP contribution in [0.25, 0.3) is 11.1 Å². The van der Waals surface area contributed by atoms with E-state index in [0.717, 1.165) is 19.5 Å². The Morgan fingerprint density at radius 3 is 2.24 bits per heavy atom. The molecule has 4 nitrogen and oxygen atoms in total. The maximum atomic E-state index is 12.4. The van der Waals surface area contributed by atoms with E-state index in [4.69, 9.17) is 4.74 Å². The van der Waals surface area contributed by atoms with E-state index in [2.05, 4.69) is 36.4 Å². The molecule has 1 unspecified atom stereocenters. The van der Waals surface area contributed by atoms with Gasteiger partial charge in [-0.2, -0.15) is 0 Å². The molecular weight excluding hydrogens is 314 g/mol. The lowest BCUT2D eigenvalue weighted by Gasteiger charge is -2.40. The summed E-state index contributed by atoms with van der Waals surface area (Å²) >= 11 is 0. The van der Waals surface area contributed by atoms with Crippen LogP contribution in [0.3, 0.4) is 0 Å². The number of carbonyl (C=O) groups excluding carboxylic acids is 1. The zero-order valence-corrected chi connectivity index (χ0v) is 14.0. The zero-order chi connectivity index (χ0) is 17.0. The summed E-state index contributed by atoms with van der Waals surface area (Å²) in [6.07, 6.45) is 0.812. The average Bonchev–Trinajstić information content (AvgIpc) is 3.28. The van der Waals surface area contributed by atoms with Gasteiger partial charge in [0.05, 0.1) is 0 Å². The summed E-state index contributed by atoms with van der Waals surface area (Å²) in [6, 6.07) is 16.7. The Bertz CT molecular complexity index is 795. The van der Waals surface area contributed by atoms with E-state index >= 15 is 0 Å². The van der Waals surface area contributed by atoms with Crippen LogP contribution in [0.2, 0.25) is 0 Å². The lowest BCUT2D eigenvalue weighted by molar-refractivity contribution is 0.0333. The van der Waals surface area contributed by atoms with Gasteiger partial charge in [0.15, 0.2) is 0 Å². The van der Waals surface area contributed by atoms with Crippen LogP contribution in [0, 0.1) is 11.3 Å². The van der Waals surface area contributed by atoms with Gasteiger partial charge in [0.25, 0.3) is 0 Å². The highest BCUT2D eigenvalue weighted by Crippen LogP contribution is 2.58. The third-order valence-corrected chi connectivity index (χ3v) is 6.18. The molecule has 25 heavy (non-hydrogen) atoms. The molecule has 0 bridgehead atoms. The highest BCUT2D eigenvalue weighted by molar-refractivity contribution is 5.79. The number of carbonyl (C=O) groups is 1. The first-order valence-corrected chi connectivity index (χ1v) is 8.93. The molecule has 1 aliphatic heterocycles. The fraction of sp³-hybridized carbons (Fsp3) is 0.381. The molecule has 2 aromatic rings. The van der Waals surface area contributed by atoms with Gasteiger partial charge in [0.1, 0.15) is 6.61 Å². The van der Waals surface area contributed by atoms with Crippen molar-refractivity contribution in [2.24, 2.45) is 11.3 Å². The van der Waals surface area contributed by atoms with E-state index in [-0.39, 0.29) is 24.0 Å². The minimum Gasteiger partial charge on any atom is -0.448 e. The van der Waals surface area contributed by atoms with Crippen molar-refractivity contribution < 1.29 is 14.6 Å². The standard InChI is InChI=1S/C21H21NO3/c23-10-14-9-21(14)12-22(13-21)20(24)25-11-19-17-7-3-1-5-15(17)16-6-2-4-8-18(16)19/h1-8,14,19,23H,9-13H2. The lowest BCUT2D eigenvalue weighted by atomic mass is 9.94. The van der Waals surface area contributed by atoms with Crippen molar-refractivity contribution in [3.05, 3.63) is 59.7 Å². The molecular formula is C21H21NO3. The summed E-state index contributed by atoms with van der Waals surface area (Å²) in [4.78, 5) is 14.1. The number of hydrogen-bond donors (Lipinski definition) is 1. The molecule has 1 spiro atoms. The third kappa shape index (κ3) is 2.20. The molecule has 1 N–H and O–H groups in total. The summed E-state index contributed by atoms with van der Waals surface area (Å²) in [5.41, 5.74) is 5.15. The maximum absolute atomic E-state index is 12.4. The van der Waals surface area contributed by atoms with Crippen LogP contribution in [0.4, 0.5) is 4.79 Å². The monoisotopic (exact) mass is 335 g/mol. The van der Waals surface area contributed by atoms with Gasteiger partial charge in [-0.3, -0.25) is 0 Å². The highest BCUT2D eigenvalue weighted by Gasteiger charge is 2.62. The molecule has 0 radical (unpaired) electrons. The fourth-order valence-electron chi connectivity index (χ4n) is 4.61. The summed E-state index contributed by atoms with van der Waals surface area (Å²) in [6.45, 7) is 2.07. The van der Waals surface area contributed by atoms with Gasteiger partial charge in [-0.25, -0.2) is 4.79 Å². The van der Waals surface area contributed by atoms with Crippen molar-refractivity contribution in [2.45, 2.75) is 12.3 Å². The minimum absolute atomic E-state index is 0.109. The predicted molar refractivity (Wildman–Crippen MR) is 94.3 cm³/mol. The second-order valence-electron chi connectivity index (χ2n) is 7.61. The van der Waals surface area contributed by atoms with Crippen LogP contribution >= 0.6 is 0 Å². The molecule has 4 heteroatoms. The van der Waals surface area contributed by atoms with Crippen LogP contribution < -0.4 is 0 Å². The van der Waals surface area contributed by atoms with Gasteiger partial charge in [-0.15, -0.1) is 0 Å². The topological polar surface area (TPSA) is 49.8 Å². The van der Waals surface area contributed by atoms with Crippen LogP contribution in [0.1, 0.15) is 23.5 Å². The summed E-state index contributed by atoms with van der Waals surface area (Å²) < 4.78 is 5.66. The molecule has 128 valence electrons. The number of ether oxygens (including phenoxy) is 1. The highest BCUT2D eigenvalue weighted by atomic mass is 16.6. The number of hydrogen-bond acceptors (Lipinski definition) is 3. The van der Waals surface area contributed by atoms with Crippen molar-refractivity contribution in [1.29, 1.82) is 0 Å². The lowest BCUT2D eigenvalue weighted by Crippen LogP contribution is -2.53. The second kappa shape index (κ2) is 5.33. The second-order valence-corrected chi connectivity index (χ2v) is 7.61. The number of rotatable bonds is 3. The number of fused-ring (bicyclic) bond motifs is 3. The van der Waals surface area contributed by atoms with Gasteiger partial charge >= 0.3 is 6.09 Å². The fourth-order valence-corrected chi connectivity index (χ4v) is 4.61. The Morgan fingerprint density at radius 1 is 1.08 bits per heavy atom. The predicted octanol–water partition coefficient (Wildman–Crippen LogP) is 3.25. The van der Waals surface area contributed by atoms with Crippen molar-refractivity contribution in [2.75, 3.05) is 26.3 Å². The number of nitrogens with zero attached hydrogens (tertiary/aromatic N) is 1. The molecule has 1 saturated carbocycles. The molecule has 5 rings (SSSR count). The normalized spacial score (nSPS) is 22.3. The summed E-state index contributed by atoms with van der Waals surface area (Å²) in [7, 11) is 0. The van der Waals surface area contributed by atoms with Crippen LogP contribution in [0.5, 0.6) is 0 Å². The first kappa shape index (κ1) is 15.0. The van der Waals surface area contributed by atoms with E-state index in [1.54, 1.807) is 4.90 Å². The van der Waals surface area contributed by atoms with Crippen molar-refractivity contribution >= 4 is 6.09 Å². The summed E-state index contributed by atoms with van der Waals surface area (Å²) in [5.74, 6) is 0.489. The molecule has 1 atom stereocenters. The van der Waals surface area contributed by atoms with E-state index < -0.39 is 0 Å². The maximum Gasteiger partial charge on any atom is 0.409 e. The van der Waals surface area contributed by atoms with E-state index in [9.17, 15) is 9.90 Å². The summed E-state index contributed by atoms with van der Waals surface area (Å²) in [5, 5.41) is 9.23. The Labute approximate surface area is 147 Å². The molecule has 1 saturated heterocycles. The SMILES string of the molecule is O=C(OCC1c2ccccc2-c2ccccc21)N1CC2(CC2CO)C1. The van der Waals surface area contributed by atoms with Crippen LogP contribution in [-0.2, 0) is 4.74 Å². The Kier molecular flexibility index (Phi) is 3.19. The molecule has 2 aromatic carbocycles. The number of benzene rings is 2. The van der Waals surface area contributed by atoms with Gasteiger partial charge in [0, 0.05) is 31.0 Å². The van der Waals surface area contributed by atoms with Crippen LogP contribution in [0.15, 0.2) is 48.5 Å². The number of aliphatic hydroxyl groups is 1. The first-order chi connectivity index (χ1) is 12.2. The van der Waals surface area contributed by atoms with Crippen molar-refractivity contribution in [3.63, 3.8) is 0 Å². The third-order valence-electron chi connectivity index (χ3n) is 6.18. The van der Waals surface area contributed by atoms with Gasteiger partial charge in [0.2, 0.25) is 0 Å². The van der Waals surface area contributed by atoms with Gasteiger partial charge in [-0.05, 0) is 34.6 Å².